The molecule has 1 N–H and O–H groups in total. The van der Waals surface area contributed by atoms with Crippen LogP contribution in [-0.2, 0) is 25.6 Å². The molecule has 8 heteroatoms. The van der Waals surface area contributed by atoms with E-state index in [2.05, 4.69) is 10.1 Å². The van der Waals surface area contributed by atoms with E-state index in [1.165, 1.54) is 20.1 Å². The summed E-state index contributed by atoms with van der Waals surface area (Å²) in [4.78, 5) is 46.2. The van der Waals surface area contributed by atoms with Crippen LogP contribution < -0.4 is 10.1 Å². The molecule has 0 aliphatic carbocycles. The lowest BCUT2D eigenvalue weighted by atomic mass is 10.1. The Morgan fingerprint density at radius 1 is 0.931 bits per heavy atom. The van der Waals surface area contributed by atoms with Crippen molar-refractivity contribution < 1.29 is 33.4 Å². The quantitative estimate of drug-likeness (QED) is 0.507. The molecule has 0 bridgehead atoms. The number of hydrogen-bond donors (Lipinski definition) is 1. The van der Waals surface area contributed by atoms with Crippen molar-refractivity contribution in [1.82, 2.24) is 5.32 Å². The minimum atomic E-state index is -0.712. The molecule has 0 spiro atoms. The molecule has 0 radical (unpaired) electrons. The predicted octanol–water partition coefficient (Wildman–Crippen LogP) is 1.91. The van der Waals surface area contributed by atoms with E-state index in [0.717, 1.165) is 5.56 Å². The van der Waals surface area contributed by atoms with Crippen molar-refractivity contribution in [3.63, 3.8) is 0 Å². The first-order chi connectivity index (χ1) is 13.9. The van der Waals surface area contributed by atoms with Gasteiger partial charge in [0, 0.05) is 12.1 Å². The summed E-state index contributed by atoms with van der Waals surface area (Å²) < 4.78 is 14.7. The number of carbonyl (C=O) groups excluding carboxylic acids is 4. The van der Waals surface area contributed by atoms with Gasteiger partial charge in [-0.25, -0.2) is 9.59 Å². The van der Waals surface area contributed by atoms with E-state index in [9.17, 15) is 19.2 Å². The second-order valence-corrected chi connectivity index (χ2v) is 6.00. The predicted molar refractivity (Wildman–Crippen MR) is 103 cm³/mol. The zero-order valence-corrected chi connectivity index (χ0v) is 16.1. The molecule has 1 amide bonds. The van der Waals surface area contributed by atoms with E-state index < -0.39 is 24.5 Å². The van der Waals surface area contributed by atoms with E-state index in [-0.39, 0.29) is 18.9 Å². The summed E-state index contributed by atoms with van der Waals surface area (Å²) in [6.07, 6.45) is 0. The lowest BCUT2D eigenvalue weighted by Gasteiger charge is -2.09. The van der Waals surface area contributed by atoms with Gasteiger partial charge in [0.05, 0.1) is 12.7 Å². The highest BCUT2D eigenvalue weighted by Gasteiger charge is 2.10. The Hall–Kier alpha value is -3.68. The van der Waals surface area contributed by atoms with Crippen molar-refractivity contribution in [2.75, 3.05) is 20.3 Å². The summed E-state index contributed by atoms with van der Waals surface area (Å²) >= 11 is 0. The maximum Gasteiger partial charge on any atom is 0.344 e. The van der Waals surface area contributed by atoms with Crippen molar-refractivity contribution in [2.45, 2.75) is 13.5 Å². The standard InChI is InChI=1S/C21H21NO7/c1-14(23)17-4-3-5-18(10-17)28-13-20(25)29-12-19(24)22-11-15-6-8-16(9-7-15)21(26)27-2/h3-10H,11-13H2,1-2H3,(H,22,24). The van der Waals surface area contributed by atoms with Crippen molar-refractivity contribution in [3.8, 4) is 5.75 Å². The van der Waals surface area contributed by atoms with Gasteiger partial charge in [-0.3, -0.25) is 9.59 Å². The second-order valence-electron chi connectivity index (χ2n) is 6.00. The summed E-state index contributed by atoms with van der Waals surface area (Å²) in [5.41, 5.74) is 1.64. The van der Waals surface area contributed by atoms with Gasteiger partial charge >= 0.3 is 11.9 Å². The number of esters is 2. The van der Waals surface area contributed by atoms with Gasteiger partial charge in [-0.2, -0.15) is 0 Å². The Bertz CT molecular complexity index is 890. The molecule has 0 saturated carbocycles. The SMILES string of the molecule is COC(=O)c1ccc(CNC(=O)COC(=O)COc2cccc(C(C)=O)c2)cc1. The van der Waals surface area contributed by atoms with Crippen LogP contribution in [0.15, 0.2) is 48.5 Å². The number of carbonyl (C=O) groups is 4. The van der Waals surface area contributed by atoms with Gasteiger partial charge in [0.1, 0.15) is 5.75 Å². The monoisotopic (exact) mass is 399 g/mol. The highest BCUT2D eigenvalue weighted by molar-refractivity contribution is 5.94. The lowest BCUT2D eigenvalue weighted by Crippen LogP contribution is -2.29. The molecule has 0 saturated heterocycles. The number of Topliss-reactive ketones (excluding diaryl/α,β-unsaturated/α-hetero) is 1. The molecule has 152 valence electrons. The molecule has 8 nitrogen and oxygen atoms in total. The Labute approximate surface area is 167 Å². The zero-order chi connectivity index (χ0) is 21.2. The third-order valence-electron chi connectivity index (χ3n) is 3.83. The maximum absolute atomic E-state index is 11.8. The van der Waals surface area contributed by atoms with Crippen LogP contribution in [0, 0.1) is 0 Å². The van der Waals surface area contributed by atoms with Crippen LogP contribution in [0.4, 0.5) is 0 Å². The smallest absolute Gasteiger partial charge is 0.344 e. The van der Waals surface area contributed by atoms with E-state index >= 15 is 0 Å². The molecule has 0 unspecified atom stereocenters. The van der Waals surface area contributed by atoms with Gasteiger partial charge in [-0.05, 0) is 36.8 Å². The van der Waals surface area contributed by atoms with Crippen LogP contribution in [0.25, 0.3) is 0 Å². The highest BCUT2D eigenvalue weighted by Crippen LogP contribution is 2.13. The normalized spacial score (nSPS) is 10.0. The Kier molecular flexibility index (Phi) is 7.90. The van der Waals surface area contributed by atoms with Crippen LogP contribution in [0.2, 0.25) is 0 Å². The number of amides is 1. The summed E-state index contributed by atoms with van der Waals surface area (Å²) in [6, 6.07) is 13.0. The fourth-order valence-corrected chi connectivity index (χ4v) is 2.26. The highest BCUT2D eigenvalue weighted by atomic mass is 16.6. The van der Waals surface area contributed by atoms with Crippen LogP contribution in [0.1, 0.15) is 33.2 Å². The maximum atomic E-state index is 11.8. The summed E-state index contributed by atoms with van der Waals surface area (Å²) in [7, 11) is 1.30. The summed E-state index contributed by atoms with van der Waals surface area (Å²) in [5, 5.41) is 2.60. The molecular formula is C21H21NO7. The number of ether oxygens (including phenoxy) is 3. The van der Waals surface area contributed by atoms with E-state index in [1.54, 1.807) is 42.5 Å². The number of benzene rings is 2. The van der Waals surface area contributed by atoms with Crippen molar-refractivity contribution in [1.29, 1.82) is 0 Å². The van der Waals surface area contributed by atoms with Gasteiger partial charge in [0.25, 0.3) is 5.91 Å². The number of rotatable bonds is 9. The third-order valence-corrected chi connectivity index (χ3v) is 3.83. The molecule has 0 aliphatic rings. The Morgan fingerprint density at radius 3 is 2.31 bits per heavy atom. The molecule has 0 fully saturated rings. The Balaban J connectivity index is 1.70. The average Bonchev–Trinajstić information content (AvgIpc) is 2.74. The number of methoxy groups -OCH3 is 1. The Morgan fingerprint density at radius 2 is 1.66 bits per heavy atom. The average molecular weight is 399 g/mol. The molecule has 2 rings (SSSR count). The van der Waals surface area contributed by atoms with E-state index in [0.29, 0.717) is 16.9 Å². The van der Waals surface area contributed by atoms with E-state index in [1.807, 2.05) is 0 Å². The summed E-state index contributed by atoms with van der Waals surface area (Å²) in [6.45, 7) is 0.811. The largest absolute Gasteiger partial charge is 0.482 e. The number of ketones is 1. The molecule has 0 heterocycles. The molecule has 0 aliphatic heterocycles. The van der Waals surface area contributed by atoms with Crippen LogP contribution >= 0.6 is 0 Å². The fraction of sp³-hybridized carbons (Fsp3) is 0.238. The van der Waals surface area contributed by atoms with E-state index in [4.69, 9.17) is 9.47 Å². The summed E-state index contributed by atoms with van der Waals surface area (Å²) in [5.74, 6) is -1.39. The first-order valence-electron chi connectivity index (χ1n) is 8.72. The molecule has 0 aromatic heterocycles. The second kappa shape index (κ2) is 10.6. The first-order valence-corrected chi connectivity index (χ1v) is 8.72. The third kappa shape index (κ3) is 7.10. The number of hydrogen-bond acceptors (Lipinski definition) is 7. The van der Waals surface area contributed by atoms with Crippen molar-refractivity contribution in [2.24, 2.45) is 0 Å². The molecule has 29 heavy (non-hydrogen) atoms. The first kappa shape index (κ1) is 21.6. The van der Waals surface area contributed by atoms with Gasteiger partial charge in [0.15, 0.2) is 19.0 Å². The topological polar surface area (TPSA) is 108 Å². The van der Waals surface area contributed by atoms with Gasteiger partial charge < -0.3 is 19.5 Å². The zero-order valence-electron chi connectivity index (χ0n) is 16.1. The van der Waals surface area contributed by atoms with Crippen LogP contribution in [0.5, 0.6) is 5.75 Å². The molecule has 2 aromatic rings. The number of nitrogens with one attached hydrogen (secondary N) is 1. The molecule has 2 aromatic carbocycles. The minimum absolute atomic E-state index is 0.116. The van der Waals surface area contributed by atoms with Crippen LogP contribution in [-0.4, -0.2) is 44.0 Å². The molecule has 0 atom stereocenters. The molecular weight excluding hydrogens is 378 g/mol. The fourth-order valence-electron chi connectivity index (χ4n) is 2.26. The van der Waals surface area contributed by atoms with Crippen molar-refractivity contribution in [3.05, 3.63) is 65.2 Å². The van der Waals surface area contributed by atoms with Crippen LogP contribution in [0.3, 0.4) is 0 Å². The minimum Gasteiger partial charge on any atom is -0.482 e. The van der Waals surface area contributed by atoms with Gasteiger partial charge in [-0.1, -0.05) is 24.3 Å². The lowest BCUT2D eigenvalue weighted by molar-refractivity contribution is -0.150. The van der Waals surface area contributed by atoms with Crippen molar-refractivity contribution >= 4 is 23.6 Å². The van der Waals surface area contributed by atoms with Gasteiger partial charge in [0.2, 0.25) is 0 Å². The van der Waals surface area contributed by atoms with Gasteiger partial charge in [-0.15, -0.1) is 0 Å².